The number of nitrogens with one attached hydrogen (secondary N) is 1. The lowest BCUT2D eigenvalue weighted by Gasteiger charge is -2.26. The molecule has 0 bridgehead atoms. The number of alkyl carbamates (subject to hydrolysis) is 1. The van der Waals surface area contributed by atoms with Gasteiger partial charge in [0.2, 0.25) is 0 Å². The second-order valence-corrected chi connectivity index (χ2v) is 7.26. The summed E-state index contributed by atoms with van der Waals surface area (Å²) in [4.78, 5) is 23.4. The minimum Gasteiger partial charge on any atom is -0.453 e. The smallest absolute Gasteiger partial charge is 0.408 e. The molecular weight excluding hydrogens is 386 g/mol. The minimum absolute atomic E-state index is 0.395. The van der Waals surface area contributed by atoms with E-state index in [9.17, 15) is 9.59 Å². The summed E-state index contributed by atoms with van der Waals surface area (Å²) < 4.78 is 11.5. The number of amides is 1. The van der Waals surface area contributed by atoms with Crippen molar-refractivity contribution in [2.24, 2.45) is 0 Å². The average Bonchev–Trinajstić information content (AvgIpc) is 2.95. The van der Waals surface area contributed by atoms with Crippen LogP contribution in [0.1, 0.15) is 40.2 Å². The summed E-state index contributed by atoms with van der Waals surface area (Å²) in [6.07, 6.45) is 2.52. The predicted octanol–water partition coefficient (Wildman–Crippen LogP) is 4.39. The van der Waals surface area contributed by atoms with Gasteiger partial charge in [0.1, 0.15) is 11.7 Å². The summed E-state index contributed by atoms with van der Waals surface area (Å²) in [7, 11) is 0. The van der Waals surface area contributed by atoms with Crippen molar-refractivity contribution >= 4 is 28.0 Å². The Balaban J connectivity index is 0.00000151. The van der Waals surface area contributed by atoms with E-state index in [4.69, 9.17) is 9.47 Å². The first-order valence-electron chi connectivity index (χ1n) is 8.36. The highest BCUT2D eigenvalue weighted by molar-refractivity contribution is 9.10. The molecule has 0 saturated heterocycles. The standard InChI is InChI=1S/C17H20BrNO4.C2H6/c1-17(2,3)23-16(21)19-13(14-8-9-15(20)22-14)10-11-4-6-12(18)7-5-11;1-2/h4-9,13-14H,10H2,1-3H3,(H,19,21);1-2H3/t13-,14-;/m0./s1. The molecule has 1 aliphatic rings. The Morgan fingerprint density at radius 1 is 1.28 bits per heavy atom. The van der Waals surface area contributed by atoms with Crippen LogP contribution in [0.25, 0.3) is 0 Å². The van der Waals surface area contributed by atoms with Crippen molar-refractivity contribution in [3.8, 4) is 0 Å². The Bertz CT molecular complexity index is 605. The van der Waals surface area contributed by atoms with Gasteiger partial charge in [-0.25, -0.2) is 9.59 Å². The SMILES string of the molecule is CC.CC(C)(C)OC(=O)N[C@@H](Cc1ccc(Br)cc1)[C@@H]1C=CC(=O)O1. The summed E-state index contributed by atoms with van der Waals surface area (Å²) in [6.45, 7) is 9.39. The number of halogens is 1. The molecular formula is C19H26BrNO4. The fraction of sp³-hybridized carbons (Fsp3) is 0.474. The van der Waals surface area contributed by atoms with Crippen molar-refractivity contribution in [3.05, 3.63) is 46.5 Å². The Kier molecular flexibility index (Phi) is 8.16. The van der Waals surface area contributed by atoms with Gasteiger partial charge in [0.25, 0.3) is 0 Å². The van der Waals surface area contributed by atoms with E-state index in [0.717, 1.165) is 10.0 Å². The van der Waals surface area contributed by atoms with Gasteiger partial charge in [0.15, 0.2) is 0 Å². The number of rotatable bonds is 4. The molecule has 1 aromatic carbocycles. The third-order valence-electron chi connectivity index (χ3n) is 3.14. The summed E-state index contributed by atoms with van der Waals surface area (Å²) in [5, 5.41) is 2.80. The van der Waals surface area contributed by atoms with Gasteiger partial charge in [0, 0.05) is 10.5 Å². The monoisotopic (exact) mass is 411 g/mol. The lowest BCUT2D eigenvalue weighted by molar-refractivity contribution is -0.139. The Morgan fingerprint density at radius 2 is 1.88 bits per heavy atom. The molecule has 0 radical (unpaired) electrons. The lowest BCUT2D eigenvalue weighted by Crippen LogP contribution is -2.46. The maximum atomic E-state index is 12.0. The summed E-state index contributed by atoms with van der Waals surface area (Å²) >= 11 is 3.39. The molecule has 0 spiro atoms. The zero-order chi connectivity index (χ0) is 19.0. The first-order valence-corrected chi connectivity index (χ1v) is 9.15. The van der Waals surface area contributed by atoms with Crippen LogP contribution < -0.4 is 5.32 Å². The maximum Gasteiger partial charge on any atom is 0.408 e. The molecule has 2 rings (SSSR count). The second kappa shape index (κ2) is 9.61. The number of cyclic esters (lactones) is 1. The van der Waals surface area contributed by atoms with E-state index in [1.54, 1.807) is 26.8 Å². The van der Waals surface area contributed by atoms with E-state index in [-0.39, 0.29) is 0 Å². The molecule has 0 aromatic heterocycles. The predicted molar refractivity (Wildman–Crippen MR) is 101 cm³/mol. The van der Waals surface area contributed by atoms with Crippen LogP contribution >= 0.6 is 15.9 Å². The van der Waals surface area contributed by atoms with Crippen molar-refractivity contribution in [1.82, 2.24) is 5.32 Å². The van der Waals surface area contributed by atoms with Gasteiger partial charge >= 0.3 is 12.1 Å². The highest BCUT2D eigenvalue weighted by Crippen LogP contribution is 2.17. The molecule has 6 heteroatoms. The summed E-state index contributed by atoms with van der Waals surface area (Å²) in [5.74, 6) is -0.401. The van der Waals surface area contributed by atoms with Gasteiger partial charge in [-0.2, -0.15) is 0 Å². The number of carbonyl (C=O) groups excluding carboxylic acids is 2. The van der Waals surface area contributed by atoms with Crippen LogP contribution in [0.15, 0.2) is 40.9 Å². The molecule has 138 valence electrons. The fourth-order valence-electron chi connectivity index (χ4n) is 2.19. The number of ether oxygens (including phenoxy) is 2. The first kappa shape index (κ1) is 21.2. The van der Waals surface area contributed by atoms with E-state index in [0.29, 0.717) is 6.42 Å². The summed E-state index contributed by atoms with van der Waals surface area (Å²) in [5.41, 5.74) is 0.430. The first-order chi connectivity index (χ1) is 11.7. The van der Waals surface area contributed by atoms with Gasteiger partial charge in [-0.05, 0) is 51.0 Å². The topological polar surface area (TPSA) is 64.6 Å². The molecule has 0 aliphatic carbocycles. The highest BCUT2D eigenvalue weighted by atomic mass is 79.9. The van der Waals surface area contributed by atoms with Gasteiger partial charge in [-0.15, -0.1) is 0 Å². The third kappa shape index (κ3) is 7.73. The Hall–Kier alpha value is -1.82. The quantitative estimate of drug-likeness (QED) is 0.745. The highest BCUT2D eigenvalue weighted by Gasteiger charge is 2.29. The maximum absolute atomic E-state index is 12.0. The van der Waals surface area contributed by atoms with E-state index in [2.05, 4.69) is 21.2 Å². The van der Waals surface area contributed by atoms with E-state index >= 15 is 0 Å². The molecule has 0 unspecified atom stereocenters. The second-order valence-electron chi connectivity index (χ2n) is 6.34. The summed E-state index contributed by atoms with van der Waals surface area (Å²) in [6, 6.07) is 7.36. The van der Waals surface area contributed by atoms with Crippen molar-refractivity contribution in [2.75, 3.05) is 0 Å². The van der Waals surface area contributed by atoms with E-state index in [1.807, 2.05) is 38.1 Å². The van der Waals surface area contributed by atoms with Crippen LogP contribution in [-0.2, 0) is 20.7 Å². The molecule has 1 amide bonds. The van der Waals surface area contributed by atoms with E-state index in [1.165, 1.54) is 6.08 Å². The van der Waals surface area contributed by atoms with Crippen LogP contribution in [0.3, 0.4) is 0 Å². The molecule has 25 heavy (non-hydrogen) atoms. The Morgan fingerprint density at radius 3 is 2.36 bits per heavy atom. The normalized spacial score (nSPS) is 17.2. The minimum atomic E-state index is -0.589. The Labute approximate surface area is 157 Å². The van der Waals surface area contributed by atoms with Crippen molar-refractivity contribution in [2.45, 2.75) is 58.8 Å². The number of hydrogen-bond acceptors (Lipinski definition) is 4. The largest absolute Gasteiger partial charge is 0.453 e. The van der Waals surface area contributed by atoms with Gasteiger partial charge in [-0.3, -0.25) is 0 Å². The van der Waals surface area contributed by atoms with Crippen molar-refractivity contribution in [1.29, 1.82) is 0 Å². The van der Waals surface area contributed by atoms with Crippen LogP contribution in [0.4, 0.5) is 4.79 Å². The lowest BCUT2D eigenvalue weighted by atomic mass is 10.0. The van der Waals surface area contributed by atoms with Crippen LogP contribution in [0.2, 0.25) is 0 Å². The molecule has 1 heterocycles. The van der Waals surface area contributed by atoms with Gasteiger partial charge in [0.05, 0.1) is 6.04 Å². The molecule has 0 fully saturated rings. The molecule has 0 saturated carbocycles. The molecule has 1 aromatic rings. The zero-order valence-electron chi connectivity index (χ0n) is 15.3. The van der Waals surface area contributed by atoms with Crippen molar-refractivity contribution in [3.63, 3.8) is 0 Å². The number of esters is 1. The number of carbonyl (C=O) groups is 2. The van der Waals surface area contributed by atoms with Gasteiger partial charge in [-0.1, -0.05) is 41.9 Å². The van der Waals surface area contributed by atoms with Gasteiger partial charge < -0.3 is 14.8 Å². The van der Waals surface area contributed by atoms with Crippen molar-refractivity contribution < 1.29 is 19.1 Å². The third-order valence-corrected chi connectivity index (χ3v) is 3.67. The number of benzene rings is 1. The van der Waals surface area contributed by atoms with Crippen LogP contribution in [0.5, 0.6) is 0 Å². The zero-order valence-corrected chi connectivity index (χ0v) is 16.9. The molecule has 2 atom stereocenters. The van der Waals surface area contributed by atoms with Crippen LogP contribution in [-0.4, -0.2) is 29.8 Å². The fourth-order valence-corrected chi connectivity index (χ4v) is 2.45. The van der Waals surface area contributed by atoms with E-state index < -0.39 is 29.8 Å². The average molecular weight is 412 g/mol. The molecule has 1 aliphatic heterocycles. The molecule has 1 N–H and O–H groups in total. The van der Waals surface area contributed by atoms with Crippen LogP contribution in [0, 0.1) is 0 Å². The molecule has 5 nitrogen and oxygen atoms in total. The number of hydrogen-bond donors (Lipinski definition) is 1.